The van der Waals surface area contributed by atoms with Crippen molar-refractivity contribution in [2.24, 2.45) is 0 Å². The molecule has 6 nitrogen and oxygen atoms in total. The van der Waals surface area contributed by atoms with Crippen LogP contribution in [0.2, 0.25) is 0 Å². The highest BCUT2D eigenvalue weighted by atomic mass is 16.4. The number of hydrogen-bond acceptors (Lipinski definition) is 4. The topological polar surface area (TPSA) is 72.5 Å². The summed E-state index contributed by atoms with van der Waals surface area (Å²) in [6.07, 6.45) is 1.33. The second kappa shape index (κ2) is 7.55. The number of ketones is 1. The van der Waals surface area contributed by atoms with Gasteiger partial charge in [-0.2, -0.15) is 0 Å². The van der Waals surface area contributed by atoms with Crippen LogP contribution < -0.4 is 5.76 Å². The van der Waals surface area contributed by atoms with E-state index in [0.29, 0.717) is 48.2 Å². The molecule has 2 aliphatic rings. The first kappa shape index (κ1) is 20.7. The molecule has 6 heteroatoms. The van der Waals surface area contributed by atoms with Crippen LogP contribution in [0.3, 0.4) is 0 Å². The van der Waals surface area contributed by atoms with Gasteiger partial charge >= 0.3 is 5.76 Å². The van der Waals surface area contributed by atoms with Gasteiger partial charge in [0.05, 0.1) is 5.52 Å². The van der Waals surface area contributed by atoms with Gasteiger partial charge in [-0.05, 0) is 55.5 Å². The van der Waals surface area contributed by atoms with E-state index in [1.165, 1.54) is 0 Å². The van der Waals surface area contributed by atoms with Crippen LogP contribution in [0.4, 0.5) is 0 Å². The van der Waals surface area contributed by atoms with Gasteiger partial charge in [-0.1, -0.05) is 42.5 Å². The molecule has 1 fully saturated rings. The lowest BCUT2D eigenvalue weighted by Gasteiger charge is -2.32. The lowest BCUT2D eigenvalue weighted by atomic mass is 9.97. The van der Waals surface area contributed by atoms with Crippen LogP contribution in [-0.2, 0) is 0 Å². The molecule has 0 bridgehead atoms. The number of amides is 1. The Morgan fingerprint density at radius 2 is 1.62 bits per heavy atom. The summed E-state index contributed by atoms with van der Waals surface area (Å²) < 4.78 is 7.33. The Morgan fingerprint density at radius 3 is 2.38 bits per heavy atom. The highest BCUT2D eigenvalue weighted by molar-refractivity contribution is 6.24. The number of fused-ring (bicyclic) bond motifs is 4. The first-order valence-corrected chi connectivity index (χ1v) is 11.6. The number of rotatable bonds is 2. The predicted octanol–water partition coefficient (Wildman–Crippen LogP) is 4.90. The van der Waals surface area contributed by atoms with Crippen molar-refractivity contribution in [2.75, 3.05) is 13.1 Å². The van der Waals surface area contributed by atoms with E-state index in [1.807, 2.05) is 61.2 Å². The maximum absolute atomic E-state index is 13.6. The zero-order chi connectivity index (χ0) is 23.6. The van der Waals surface area contributed by atoms with Gasteiger partial charge in [0.1, 0.15) is 0 Å². The fourth-order valence-electron chi connectivity index (χ4n) is 5.58. The van der Waals surface area contributed by atoms with Crippen LogP contribution in [0.1, 0.15) is 56.3 Å². The number of nitrogens with zero attached hydrogens (tertiary/aromatic N) is 2. The Morgan fingerprint density at radius 1 is 0.912 bits per heavy atom. The van der Waals surface area contributed by atoms with E-state index in [4.69, 9.17) is 4.42 Å². The molecule has 0 spiro atoms. The summed E-state index contributed by atoms with van der Waals surface area (Å²) in [5.41, 5.74) is 6.84. The summed E-state index contributed by atoms with van der Waals surface area (Å²) in [6, 6.07) is 16.8. The fraction of sp³-hybridized carbons (Fsp3) is 0.250. The lowest BCUT2D eigenvalue weighted by Crippen LogP contribution is -2.40. The molecule has 170 valence electrons. The molecule has 1 amide bonds. The van der Waals surface area contributed by atoms with Gasteiger partial charge in [0.2, 0.25) is 0 Å². The van der Waals surface area contributed by atoms with Crippen molar-refractivity contribution in [3.63, 3.8) is 0 Å². The quantitative estimate of drug-likeness (QED) is 0.382. The maximum Gasteiger partial charge on any atom is 0.420 e. The lowest BCUT2D eigenvalue weighted by molar-refractivity contribution is 0.0694. The molecular formula is C28H24N2O4. The van der Waals surface area contributed by atoms with E-state index in [9.17, 15) is 14.4 Å². The molecule has 0 N–H and O–H groups in total. The van der Waals surface area contributed by atoms with Gasteiger partial charge in [-0.3, -0.25) is 14.2 Å². The van der Waals surface area contributed by atoms with Crippen LogP contribution in [0.25, 0.3) is 22.2 Å². The van der Waals surface area contributed by atoms with Gasteiger partial charge in [0, 0.05) is 41.4 Å². The average molecular weight is 453 g/mol. The molecule has 1 aliphatic carbocycles. The summed E-state index contributed by atoms with van der Waals surface area (Å²) in [7, 11) is 0. The second-order valence-electron chi connectivity index (χ2n) is 9.29. The maximum atomic E-state index is 13.6. The minimum Gasteiger partial charge on any atom is -0.407 e. The summed E-state index contributed by atoms with van der Waals surface area (Å²) >= 11 is 0. The van der Waals surface area contributed by atoms with Crippen LogP contribution in [-0.4, -0.2) is 34.2 Å². The van der Waals surface area contributed by atoms with Gasteiger partial charge < -0.3 is 9.32 Å². The SMILES string of the molecule is Cc1cc(C)c2oc(=O)n(C3CCN(C(=O)c4cccc5c4-c4ccccc4C5=O)CC3)c2c1. The van der Waals surface area contributed by atoms with Crippen molar-refractivity contribution in [1.82, 2.24) is 9.47 Å². The van der Waals surface area contributed by atoms with Crippen LogP contribution in [0, 0.1) is 13.8 Å². The minimum absolute atomic E-state index is 0.0252. The molecule has 0 radical (unpaired) electrons. The van der Waals surface area contributed by atoms with Crippen molar-refractivity contribution < 1.29 is 14.0 Å². The van der Waals surface area contributed by atoms with Gasteiger partial charge in [-0.25, -0.2) is 4.79 Å². The van der Waals surface area contributed by atoms with E-state index in [2.05, 4.69) is 0 Å². The van der Waals surface area contributed by atoms with E-state index >= 15 is 0 Å². The van der Waals surface area contributed by atoms with Crippen molar-refractivity contribution in [3.05, 3.63) is 93.0 Å². The normalized spacial score (nSPS) is 15.6. The molecule has 0 saturated carbocycles. The van der Waals surface area contributed by atoms with Crippen LogP contribution in [0.15, 0.2) is 63.8 Å². The van der Waals surface area contributed by atoms with E-state index in [0.717, 1.165) is 27.8 Å². The third kappa shape index (κ3) is 2.98. The van der Waals surface area contributed by atoms with Crippen molar-refractivity contribution in [3.8, 4) is 11.1 Å². The number of benzene rings is 3. The summed E-state index contributed by atoms with van der Waals surface area (Å²) in [6.45, 7) is 5.03. The molecule has 2 heterocycles. The summed E-state index contributed by atoms with van der Waals surface area (Å²) in [4.78, 5) is 40.9. The molecule has 1 aliphatic heterocycles. The molecule has 0 atom stereocenters. The molecule has 34 heavy (non-hydrogen) atoms. The highest BCUT2D eigenvalue weighted by Gasteiger charge is 2.33. The molecule has 1 aromatic heterocycles. The largest absolute Gasteiger partial charge is 0.420 e. The smallest absolute Gasteiger partial charge is 0.407 e. The molecule has 0 unspecified atom stereocenters. The van der Waals surface area contributed by atoms with Gasteiger partial charge in [0.25, 0.3) is 5.91 Å². The molecule has 4 aromatic rings. The summed E-state index contributed by atoms with van der Waals surface area (Å²) in [5.74, 6) is -0.448. The first-order valence-electron chi connectivity index (χ1n) is 11.6. The van der Waals surface area contributed by atoms with Gasteiger partial charge in [-0.15, -0.1) is 0 Å². The van der Waals surface area contributed by atoms with E-state index < -0.39 is 0 Å². The molecular weight excluding hydrogens is 428 g/mol. The fourth-order valence-corrected chi connectivity index (χ4v) is 5.58. The second-order valence-corrected chi connectivity index (χ2v) is 9.29. The number of hydrogen-bond donors (Lipinski definition) is 0. The Balaban J connectivity index is 1.29. The van der Waals surface area contributed by atoms with Gasteiger partial charge in [0.15, 0.2) is 11.4 Å². The number of aryl methyl sites for hydroxylation is 2. The van der Waals surface area contributed by atoms with Crippen LogP contribution in [0.5, 0.6) is 0 Å². The summed E-state index contributed by atoms with van der Waals surface area (Å²) in [5, 5.41) is 0. The number of likely N-dealkylation sites (tertiary alicyclic amines) is 1. The van der Waals surface area contributed by atoms with Crippen LogP contribution >= 0.6 is 0 Å². The number of carbonyl (C=O) groups excluding carboxylic acids is 2. The van der Waals surface area contributed by atoms with Crippen molar-refractivity contribution in [2.45, 2.75) is 32.7 Å². The number of carbonyl (C=O) groups is 2. The zero-order valence-electron chi connectivity index (χ0n) is 19.1. The molecule has 3 aromatic carbocycles. The van der Waals surface area contributed by atoms with Crippen molar-refractivity contribution >= 4 is 22.8 Å². The Bertz CT molecular complexity index is 1550. The molecule has 1 saturated heterocycles. The monoisotopic (exact) mass is 452 g/mol. The Hall–Kier alpha value is -3.93. The number of oxazole rings is 1. The third-order valence-electron chi connectivity index (χ3n) is 7.14. The average Bonchev–Trinajstić information content (AvgIpc) is 3.33. The van der Waals surface area contributed by atoms with E-state index in [1.54, 1.807) is 16.7 Å². The first-order chi connectivity index (χ1) is 16.4. The highest BCUT2D eigenvalue weighted by Crippen LogP contribution is 2.39. The molecule has 6 rings (SSSR count). The Labute approximate surface area is 196 Å². The van der Waals surface area contributed by atoms with Crippen molar-refractivity contribution in [1.29, 1.82) is 0 Å². The number of piperidine rings is 1. The number of aromatic nitrogens is 1. The van der Waals surface area contributed by atoms with E-state index in [-0.39, 0.29) is 23.5 Å². The minimum atomic E-state index is -0.343. The zero-order valence-corrected chi connectivity index (χ0v) is 19.1. The third-order valence-corrected chi connectivity index (χ3v) is 7.14. The Kier molecular flexibility index (Phi) is 4.59. The predicted molar refractivity (Wildman–Crippen MR) is 129 cm³/mol. The standard InChI is InChI=1S/C28H24N2O4/c1-16-14-17(2)26-23(15-16)30(28(33)34-26)18-10-12-29(13-11-18)27(32)22-9-5-8-21-24(22)19-6-3-4-7-20(19)25(21)31/h3-9,14-15,18H,10-13H2,1-2H3.